The third-order valence-corrected chi connectivity index (χ3v) is 4.47. The van der Waals surface area contributed by atoms with Crippen LogP contribution in [0.2, 0.25) is 0 Å². The molecule has 3 aliphatic heterocycles. The standard InChI is InChI=1S/C13H9O4P/c14-18-15-12-9-5-4-8-11(12)13(16-18,17-18)10-6-2-1-3-7-10/h1-9H. The van der Waals surface area contributed by atoms with Crippen molar-refractivity contribution in [2.45, 2.75) is 5.79 Å². The van der Waals surface area contributed by atoms with Crippen molar-refractivity contribution < 1.29 is 18.1 Å². The van der Waals surface area contributed by atoms with Gasteiger partial charge in [-0.05, 0) is 12.1 Å². The van der Waals surface area contributed by atoms with E-state index in [9.17, 15) is 4.57 Å². The van der Waals surface area contributed by atoms with Crippen molar-refractivity contribution in [2.24, 2.45) is 0 Å². The monoisotopic (exact) mass is 260 g/mol. The minimum atomic E-state index is -3.41. The Morgan fingerprint density at radius 1 is 0.889 bits per heavy atom. The molecule has 4 nitrogen and oxygen atoms in total. The molecule has 0 N–H and O–H groups in total. The fraction of sp³-hybridized carbons (Fsp3) is 0.0769. The van der Waals surface area contributed by atoms with E-state index >= 15 is 0 Å². The third kappa shape index (κ3) is 1.20. The minimum Gasteiger partial charge on any atom is -0.403 e. The van der Waals surface area contributed by atoms with Crippen molar-refractivity contribution in [3.8, 4) is 5.75 Å². The summed E-state index contributed by atoms with van der Waals surface area (Å²) in [6.45, 7) is 0. The van der Waals surface area contributed by atoms with Crippen molar-refractivity contribution >= 4 is 7.82 Å². The smallest absolute Gasteiger partial charge is 0.403 e. The highest BCUT2D eigenvalue weighted by Crippen LogP contribution is 2.74. The molecule has 5 rings (SSSR count). The summed E-state index contributed by atoms with van der Waals surface area (Å²) in [7, 11) is -3.41. The van der Waals surface area contributed by atoms with E-state index in [0.717, 1.165) is 11.1 Å². The lowest BCUT2D eigenvalue weighted by molar-refractivity contribution is -0.204. The summed E-state index contributed by atoms with van der Waals surface area (Å²) >= 11 is 0. The van der Waals surface area contributed by atoms with Crippen molar-refractivity contribution in [3.05, 3.63) is 65.7 Å². The first-order valence-corrected chi connectivity index (χ1v) is 7.04. The minimum absolute atomic E-state index is 0.558. The van der Waals surface area contributed by atoms with Crippen molar-refractivity contribution in [1.82, 2.24) is 0 Å². The molecule has 2 aromatic rings. The first-order chi connectivity index (χ1) is 8.72. The summed E-state index contributed by atoms with van der Waals surface area (Å²) in [5, 5.41) is 0. The lowest BCUT2D eigenvalue weighted by Gasteiger charge is -2.49. The van der Waals surface area contributed by atoms with Gasteiger partial charge in [0.15, 0.2) is 0 Å². The maximum atomic E-state index is 12.0. The molecule has 0 spiro atoms. The number of hydrogen-bond acceptors (Lipinski definition) is 4. The average molecular weight is 260 g/mol. The van der Waals surface area contributed by atoms with Crippen LogP contribution in [0, 0.1) is 0 Å². The normalized spacial score (nSPS) is 32.0. The molecule has 1 saturated heterocycles. The maximum Gasteiger partial charge on any atom is 0.536 e. The first kappa shape index (κ1) is 10.3. The highest BCUT2D eigenvalue weighted by atomic mass is 31.2. The average Bonchev–Trinajstić information content (AvgIpc) is 2.38. The fourth-order valence-corrected chi connectivity index (χ4v) is 3.84. The van der Waals surface area contributed by atoms with Gasteiger partial charge in [-0.2, -0.15) is 0 Å². The van der Waals surface area contributed by atoms with Crippen LogP contribution in [-0.2, 0) is 19.4 Å². The highest BCUT2D eigenvalue weighted by Gasteiger charge is 2.65. The molecule has 0 aromatic heterocycles. The van der Waals surface area contributed by atoms with Gasteiger partial charge >= 0.3 is 7.82 Å². The van der Waals surface area contributed by atoms with Crippen LogP contribution in [0.25, 0.3) is 0 Å². The van der Waals surface area contributed by atoms with Crippen LogP contribution in [0.15, 0.2) is 54.6 Å². The maximum absolute atomic E-state index is 12.0. The molecular formula is C13H9O4P. The number of phosphoric acid groups is 1. The van der Waals surface area contributed by atoms with E-state index in [0.29, 0.717) is 5.75 Å². The Labute approximate surface area is 104 Å². The molecule has 0 atom stereocenters. The van der Waals surface area contributed by atoms with E-state index in [-0.39, 0.29) is 0 Å². The Morgan fingerprint density at radius 3 is 2.33 bits per heavy atom. The third-order valence-electron chi connectivity index (χ3n) is 3.09. The van der Waals surface area contributed by atoms with Gasteiger partial charge in [-0.15, -0.1) is 0 Å². The van der Waals surface area contributed by atoms with Crippen LogP contribution in [-0.4, -0.2) is 0 Å². The Morgan fingerprint density at radius 2 is 1.56 bits per heavy atom. The lowest BCUT2D eigenvalue weighted by Crippen LogP contribution is -2.45. The Hall–Kier alpha value is -1.61. The van der Waals surface area contributed by atoms with E-state index in [1.165, 1.54) is 0 Å². The quantitative estimate of drug-likeness (QED) is 0.737. The predicted octanol–water partition coefficient (Wildman–Crippen LogP) is 3.44. The lowest BCUT2D eigenvalue weighted by atomic mass is 9.97. The molecule has 90 valence electrons. The van der Waals surface area contributed by atoms with Crippen LogP contribution < -0.4 is 4.52 Å². The van der Waals surface area contributed by atoms with Crippen LogP contribution in [0.5, 0.6) is 5.75 Å². The second-order valence-electron chi connectivity index (χ2n) is 4.20. The fourth-order valence-electron chi connectivity index (χ4n) is 2.31. The molecule has 5 heteroatoms. The zero-order valence-electron chi connectivity index (χ0n) is 9.28. The van der Waals surface area contributed by atoms with Crippen LogP contribution in [0.4, 0.5) is 0 Å². The van der Waals surface area contributed by atoms with Crippen LogP contribution >= 0.6 is 7.82 Å². The Kier molecular flexibility index (Phi) is 1.86. The highest BCUT2D eigenvalue weighted by molar-refractivity contribution is 7.50. The Balaban J connectivity index is 1.96. The molecule has 2 aromatic carbocycles. The second-order valence-corrected chi connectivity index (χ2v) is 5.64. The Bertz CT molecular complexity index is 658. The van der Waals surface area contributed by atoms with Gasteiger partial charge in [0.05, 0.1) is 5.56 Å². The number of rotatable bonds is 1. The van der Waals surface area contributed by atoms with Gasteiger partial charge in [-0.1, -0.05) is 42.5 Å². The van der Waals surface area contributed by atoms with Crippen LogP contribution in [0.1, 0.15) is 11.1 Å². The number of benzene rings is 2. The van der Waals surface area contributed by atoms with E-state index in [1.807, 2.05) is 48.5 Å². The summed E-state index contributed by atoms with van der Waals surface area (Å²) in [6, 6.07) is 16.8. The zero-order chi connectivity index (χ0) is 12.2. The summed E-state index contributed by atoms with van der Waals surface area (Å²) in [6.07, 6.45) is 0. The van der Waals surface area contributed by atoms with Crippen molar-refractivity contribution in [1.29, 1.82) is 0 Å². The molecule has 1 fully saturated rings. The van der Waals surface area contributed by atoms with Gasteiger partial charge in [0.1, 0.15) is 5.75 Å². The first-order valence-electron chi connectivity index (χ1n) is 5.58. The SMILES string of the molecule is O=P12Oc3ccccc3C(c3ccccc3)(O1)O2. The summed E-state index contributed by atoms with van der Waals surface area (Å²) in [5.74, 6) is -0.520. The van der Waals surface area contributed by atoms with Gasteiger partial charge in [0.2, 0.25) is 5.79 Å². The zero-order valence-corrected chi connectivity index (χ0v) is 10.2. The second kappa shape index (κ2) is 3.23. The van der Waals surface area contributed by atoms with Crippen molar-refractivity contribution in [2.75, 3.05) is 0 Å². The number of phosphoric ester groups is 1. The van der Waals surface area contributed by atoms with Gasteiger partial charge < -0.3 is 4.52 Å². The molecular weight excluding hydrogens is 251 g/mol. The molecule has 0 aliphatic carbocycles. The van der Waals surface area contributed by atoms with E-state index < -0.39 is 13.6 Å². The van der Waals surface area contributed by atoms with E-state index in [2.05, 4.69) is 0 Å². The molecule has 0 unspecified atom stereocenters. The molecule has 3 aliphatic rings. The summed E-state index contributed by atoms with van der Waals surface area (Å²) < 4.78 is 28.2. The number of hydrogen-bond donors (Lipinski definition) is 0. The van der Waals surface area contributed by atoms with E-state index in [4.69, 9.17) is 13.6 Å². The van der Waals surface area contributed by atoms with Crippen molar-refractivity contribution in [3.63, 3.8) is 0 Å². The predicted molar refractivity (Wildman–Crippen MR) is 64.1 cm³/mol. The van der Waals surface area contributed by atoms with E-state index in [1.54, 1.807) is 6.07 Å². The molecule has 18 heavy (non-hydrogen) atoms. The van der Waals surface area contributed by atoms with Gasteiger partial charge in [-0.3, -0.25) is 0 Å². The molecule has 0 saturated carbocycles. The molecule has 3 heterocycles. The molecule has 0 radical (unpaired) electrons. The number of para-hydroxylation sites is 1. The molecule has 0 amide bonds. The molecule has 2 bridgehead atoms. The van der Waals surface area contributed by atoms with Gasteiger partial charge in [0.25, 0.3) is 0 Å². The van der Waals surface area contributed by atoms with Crippen LogP contribution in [0.3, 0.4) is 0 Å². The van der Waals surface area contributed by atoms with Gasteiger partial charge in [-0.25, -0.2) is 13.6 Å². The largest absolute Gasteiger partial charge is 0.536 e. The topological polar surface area (TPSA) is 44.8 Å². The summed E-state index contributed by atoms with van der Waals surface area (Å²) in [5.41, 5.74) is 1.56. The summed E-state index contributed by atoms with van der Waals surface area (Å²) in [4.78, 5) is 0. The van der Waals surface area contributed by atoms with Gasteiger partial charge in [0, 0.05) is 5.56 Å².